The Bertz CT molecular complexity index is 960. The Hall–Kier alpha value is -3.35. The van der Waals surface area contributed by atoms with E-state index in [4.69, 9.17) is 4.74 Å². The monoisotopic (exact) mass is 452 g/mol. The lowest BCUT2D eigenvalue weighted by atomic mass is 9.98. The fraction of sp³-hybridized carbons (Fsp3) is 0.423. The van der Waals surface area contributed by atoms with Crippen LogP contribution in [0.15, 0.2) is 48.5 Å². The van der Waals surface area contributed by atoms with Gasteiger partial charge in [0.05, 0.1) is 6.42 Å². The molecule has 2 atom stereocenters. The number of unbranched alkanes of at least 4 members (excludes halogenated alkanes) is 1. The summed E-state index contributed by atoms with van der Waals surface area (Å²) in [7, 11) is 1.64. The van der Waals surface area contributed by atoms with E-state index in [0.717, 1.165) is 41.5 Å². The second-order valence-electron chi connectivity index (χ2n) is 8.56. The van der Waals surface area contributed by atoms with Gasteiger partial charge >= 0.3 is 12.1 Å². The normalized spacial score (nSPS) is 14.0. The summed E-state index contributed by atoms with van der Waals surface area (Å²) in [6.07, 6.45) is 1.47. The quantitative estimate of drug-likeness (QED) is 0.557. The zero-order valence-electron chi connectivity index (χ0n) is 19.4. The van der Waals surface area contributed by atoms with Gasteiger partial charge in [-0.25, -0.2) is 4.79 Å². The number of fused-ring (bicyclic) bond motifs is 3. The second kappa shape index (κ2) is 11.0. The predicted molar refractivity (Wildman–Crippen MR) is 126 cm³/mol. The van der Waals surface area contributed by atoms with Crippen molar-refractivity contribution in [2.45, 2.75) is 57.5 Å². The summed E-state index contributed by atoms with van der Waals surface area (Å²) in [4.78, 5) is 38.3. The molecular formula is C26H32N2O5. The van der Waals surface area contributed by atoms with E-state index in [1.807, 2.05) is 55.5 Å². The minimum atomic E-state index is -1.19. The van der Waals surface area contributed by atoms with Crippen LogP contribution in [0.5, 0.6) is 0 Å². The van der Waals surface area contributed by atoms with E-state index in [9.17, 15) is 19.5 Å². The number of hydrogen-bond donors (Lipinski definition) is 2. The van der Waals surface area contributed by atoms with Crippen LogP contribution in [0.3, 0.4) is 0 Å². The van der Waals surface area contributed by atoms with Gasteiger partial charge in [-0.05, 0) is 35.6 Å². The summed E-state index contributed by atoms with van der Waals surface area (Å²) in [6.45, 7) is 4.08. The van der Waals surface area contributed by atoms with Gasteiger partial charge in [-0.2, -0.15) is 0 Å². The molecule has 2 aromatic rings. The van der Waals surface area contributed by atoms with Crippen LogP contribution in [0.2, 0.25) is 0 Å². The van der Waals surface area contributed by atoms with Crippen molar-refractivity contribution in [1.29, 1.82) is 0 Å². The van der Waals surface area contributed by atoms with Gasteiger partial charge in [0.25, 0.3) is 0 Å². The first-order valence-electron chi connectivity index (χ1n) is 11.4. The van der Waals surface area contributed by atoms with Crippen LogP contribution in [-0.2, 0) is 14.3 Å². The van der Waals surface area contributed by atoms with Gasteiger partial charge < -0.3 is 20.1 Å². The Morgan fingerprint density at radius 2 is 1.64 bits per heavy atom. The van der Waals surface area contributed by atoms with Crippen molar-refractivity contribution in [1.82, 2.24) is 10.2 Å². The molecule has 7 heteroatoms. The molecule has 7 nitrogen and oxygen atoms in total. The molecule has 0 spiro atoms. The van der Waals surface area contributed by atoms with Crippen molar-refractivity contribution in [2.75, 3.05) is 13.7 Å². The number of carbonyl (C=O) groups excluding carboxylic acids is 2. The molecule has 0 saturated heterocycles. The molecule has 0 aliphatic heterocycles. The van der Waals surface area contributed by atoms with Crippen LogP contribution in [0, 0.1) is 0 Å². The number of benzene rings is 2. The number of nitrogens with zero attached hydrogens (tertiary/aromatic N) is 1. The number of hydrogen-bond acceptors (Lipinski definition) is 4. The highest BCUT2D eigenvalue weighted by molar-refractivity contribution is 5.89. The third-order valence-electron chi connectivity index (χ3n) is 6.30. The molecule has 0 radical (unpaired) electrons. The molecule has 0 saturated carbocycles. The van der Waals surface area contributed by atoms with E-state index in [2.05, 4.69) is 12.2 Å². The Morgan fingerprint density at radius 1 is 1.06 bits per heavy atom. The number of carboxylic acid groups (broad SMARTS) is 1. The SMILES string of the molecule is CCCCC(C)N(C)C(=O)C(CC(=O)O)NC(=O)OCC1c2ccccc2-c2ccccc21. The topological polar surface area (TPSA) is 95.9 Å². The average Bonchev–Trinajstić information content (AvgIpc) is 3.13. The minimum absolute atomic E-state index is 0.0574. The number of carboxylic acids is 1. The van der Waals surface area contributed by atoms with Crippen LogP contribution in [0.25, 0.3) is 11.1 Å². The van der Waals surface area contributed by atoms with Gasteiger partial charge in [0, 0.05) is 19.0 Å². The van der Waals surface area contributed by atoms with Crippen molar-refractivity contribution in [3.63, 3.8) is 0 Å². The first-order valence-corrected chi connectivity index (χ1v) is 11.4. The van der Waals surface area contributed by atoms with Crippen molar-refractivity contribution >= 4 is 18.0 Å². The van der Waals surface area contributed by atoms with Gasteiger partial charge in [-0.3, -0.25) is 9.59 Å². The van der Waals surface area contributed by atoms with Gasteiger partial charge in [0.15, 0.2) is 0 Å². The van der Waals surface area contributed by atoms with Crippen molar-refractivity contribution in [3.8, 4) is 11.1 Å². The number of nitrogens with one attached hydrogen (secondary N) is 1. The first-order chi connectivity index (χ1) is 15.8. The predicted octanol–water partition coefficient (Wildman–Crippen LogP) is 4.41. The lowest BCUT2D eigenvalue weighted by molar-refractivity contribution is -0.142. The lowest BCUT2D eigenvalue weighted by Crippen LogP contribution is -2.50. The number of aliphatic carboxylic acids is 1. The van der Waals surface area contributed by atoms with Gasteiger partial charge in [0.2, 0.25) is 5.91 Å². The molecule has 2 unspecified atom stereocenters. The molecule has 0 heterocycles. The molecule has 2 aromatic carbocycles. The highest BCUT2D eigenvalue weighted by Crippen LogP contribution is 2.44. The molecule has 33 heavy (non-hydrogen) atoms. The van der Waals surface area contributed by atoms with Crippen LogP contribution < -0.4 is 5.32 Å². The molecule has 1 aliphatic carbocycles. The summed E-state index contributed by atoms with van der Waals surface area (Å²) >= 11 is 0. The van der Waals surface area contributed by atoms with Crippen molar-refractivity contribution < 1.29 is 24.2 Å². The van der Waals surface area contributed by atoms with E-state index in [1.165, 1.54) is 4.90 Å². The zero-order chi connectivity index (χ0) is 24.0. The maximum Gasteiger partial charge on any atom is 0.407 e. The molecule has 0 bridgehead atoms. The third-order valence-corrected chi connectivity index (χ3v) is 6.30. The zero-order valence-corrected chi connectivity index (χ0v) is 19.4. The number of carbonyl (C=O) groups is 3. The smallest absolute Gasteiger partial charge is 0.407 e. The van der Waals surface area contributed by atoms with Crippen molar-refractivity contribution in [3.05, 3.63) is 59.7 Å². The summed E-state index contributed by atoms with van der Waals surface area (Å²) < 4.78 is 5.49. The van der Waals surface area contributed by atoms with E-state index in [-0.39, 0.29) is 18.6 Å². The Kier molecular flexibility index (Phi) is 8.09. The van der Waals surface area contributed by atoms with E-state index >= 15 is 0 Å². The maximum absolute atomic E-state index is 12.9. The average molecular weight is 453 g/mol. The molecule has 1 aliphatic rings. The summed E-state index contributed by atoms with van der Waals surface area (Å²) in [5.41, 5.74) is 4.38. The van der Waals surface area contributed by atoms with E-state index < -0.39 is 30.4 Å². The highest BCUT2D eigenvalue weighted by atomic mass is 16.5. The summed E-state index contributed by atoms with van der Waals surface area (Å²) in [5.74, 6) is -1.72. The van der Waals surface area contributed by atoms with Crippen molar-refractivity contribution in [2.24, 2.45) is 0 Å². The maximum atomic E-state index is 12.9. The van der Waals surface area contributed by atoms with Crippen LogP contribution in [0.4, 0.5) is 4.79 Å². The van der Waals surface area contributed by atoms with Crippen LogP contribution in [-0.4, -0.2) is 53.7 Å². The number of rotatable bonds is 10. The number of amides is 2. The van der Waals surface area contributed by atoms with Gasteiger partial charge in [-0.15, -0.1) is 0 Å². The molecular weight excluding hydrogens is 420 g/mol. The third kappa shape index (κ3) is 5.72. The lowest BCUT2D eigenvalue weighted by Gasteiger charge is -2.29. The number of alkyl carbamates (subject to hydrolysis) is 1. The largest absolute Gasteiger partial charge is 0.481 e. The fourth-order valence-electron chi connectivity index (χ4n) is 4.31. The molecule has 2 N–H and O–H groups in total. The molecule has 2 amide bonds. The van der Waals surface area contributed by atoms with E-state index in [0.29, 0.717) is 0 Å². The molecule has 0 fully saturated rings. The molecule has 0 aromatic heterocycles. The summed E-state index contributed by atoms with van der Waals surface area (Å²) in [6, 6.07) is 14.7. The van der Waals surface area contributed by atoms with Gasteiger partial charge in [0.1, 0.15) is 12.6 Å². The number of likely N-dealkylation sites (N-methyl/N-ethyl adjacent to an activating group) is 1. The van der Waals surface area contributed by atoms with Crippen LogP contribution in [0.1, 0.15) is 56.6 Å². The minimum Gasteiger partial charge on any atom is -0.481 e. The fourth-order valence-corrected chi connectivity index (χ4v) is 4.31. The Labute approximate surface area is 194 Å². The first kappa shape index (κ1) is 24.3. The Morgan fingerprint density at radius 3 is 2.18 bits per heavy atom. The Balaban J connectivity index is 1.66. The highest BCUT2D eigenvalue weighted by Gasteiger charge is 2.31. The molecule has 3 rings (SSSR count). The standard InChI is InChI=1S/C26H32N2O5/c1-4-5-10-17(2)28(3)25(31)23(15-24(29)30)27-26(32)33-16-22-20-13-8-6-11-18(20)19-12-7-9-14-21(19)22/h6-9,11-14,17,22-23H,4-5,10,15-16H2,1-3H3,(H,27,32)(H,29,30). The second-order valence-corrected chi connectivity index (χ2v) is 8.56. The van der Waals surface area contributed by atoms with Gasteiger partial charge in [-0.1, -0.05) is 68.3 Å². The van der Waals surface area contributed by atoms with Crippen LogP contribution >= 0.6 is 0 Å². The van der Waals surface area contributed by atoms with E-state index in [1.54, 1.807) is 7.05 Å². The number of ether oxygens (including phenoxy) is 1. The summed E-state index contributed by atoms with van der Waals surface area (Å²) in [5, 5.41) is 11.7. The molecule has 176 valence electrons.